The smallest absolute Gasteiger partial charge is 0.257 e. The van der Waals surface area contributed by atoms with Crippen molar-refractivity contribution in [2.75, 3.05) is 5.32 Å². The van der Waals surface area contributed by atoms with E-state index in [0.717, 1.165) is 17.2 Å². The summed E-state index contributed by atoms with van der Waals surface area (Å²) in [5.41, 5.74) is 1.49. The molecule has 7 nitrogen and oxygen atoms in total. The molecule has 0 spiro atoms. The van der Waals surface area contributed by atoms with Gasteiger partial charge in [-0.25, -0.2) is 13.8 Å². The van der Waals surface area contributed by atoms with E-state index in [1.807, 2.05) is 24.3 Å². The molecule has 2 amide bonds. The molecule has 4 rings (SSSR count). The molecule has 2 aromatic carbocycles. The number of rotatable bonds is 6. The minimum absolute atomic E-state index is 0.112. The summed E-state index contributed by atoms with van der Waals surface area (Å²) in [4.78, 5) is 30.3. The van der Waals surface area contributed by atoms with E-state index in [4.69, 9.17) is 0 Å². The van der Waals surface area contributed by atoms with Gasteiger partial charge in [0.15, 0.2) is 0 Å². The van der Waals surface area contributed by atoms with Crippen molar-refractivity contribution in [3.05, 3.63) is 77.4 Å². The fourth-order valence-electron chi connectivity index (χ4n) is 3.42. The number of aromatic nitrogens is 3. The van der Waals surface area contributed by atoms with Crippen LogP contribution in [-0.4, -0.2) is 31.5 Å². The van der Waals surface area contributed by atoms with Gasteiger partial charge in [0.2, 0.25) is 5.91 Å². The summed E-state index contributed by atoms with van der Waals surface area (Å²) >= 11 is 0. The lowest BCUT2D eigenvalue weighted by molar-refractivity contribution is -0.116. The Bertz CT molecular complexity index is 1060. The highest BCUT2D eigenvalue weighted by atomic mass is 19.1. The Morgan fingerprint density at radius 1 is 1.07 bits per heavy atom. The van der Waals surface area contributed by atoms with Gasteiger partial charge in [0.05, 0.1) is 11.3 Å². The highest BCUT2D eigenvalue weighted by Crippen LogP contribution is 2.27. The molecule has 1 N–H and O–H groups in total. The van der Waals surface area contributed by atoms with E-state index in [2.05, 4.69) is 15.4 Å². The maximum Gasteiger partial charge on any atom is 0.257 e. The molecule has 0 bridgehead atoms. The van der Waals surface area contributed by atoms with Crippen LogP contribution in [0.3, 0.4) is 0 Å². The quantitative estimate of drug-likeness (QED) is 0.676. The van der Waals surface area contributed by atoms with Crippen molar-refractivity contribution in [3.63, 3.8) is 0 Å². The second-order valence-corrected chi connectivity index (χ2v) is 7.05. The minimum atomic E-state index is -0.961. The number of fused-ring (bicyclic) bond motifs is 1. The molecule has 0 atom stereocenters. The van der Waals surface area contributed by atoms with E-state index in [-0.39, 0.29) is 17.7 Å². The van der Waals surface area contributed by atoms with Gasteiger partial charge in [-0.15, -0.1) is 0 Å². The van der Waals surface area contributed by atoms with Crippen LogP contribution >= 0.6 is 0 Å². The SMILES string of the molecule is O=C(CCCn1cncn1)Nc1cc(C(=O)N2Cc3ccccc3C2)c(F)cc1F. The van der Waals surface area contributed by atoms with Crippen molar-refractivity contribution in [2.45, 2.75) is 32.5 Å². The zero-order valence-electron chi connectivity index (χ0n) is 16.0. The molecule has 0 saturated heterocycles. The van der Waals surface area contributed by atoms with Crippen molar-refractivity contribution in [3.8, 4) is 0 Å². The summed E-state index contributed by atoms with van der Waals surface area (Å²) in [6, 6.07) is 9.26. The first-order chi connectivity index (χ1) is 14.5. The summed E-state index contributed by atoms with van der Waals surface area (Å²) in [7, 11) is 0. The van der Waals surface area contributed by atoms with Crippen molar-refractivity contribution in [1.82, 2.24) is 19.7 Å². The molecule has 2 heterocycles. The predicted molar refractivity (Wildman–Crippen MR) is 104 cm³/mol. The topological polar surface area (TPSA) is 80.1 Å². The highest BCUT2D eigenvalue weighted by Gasteiger charge is 2.27. The molecule has 1 aromatic heterocycles. The van der Waals surface area contributed by atoms with Crippen LogP contribution in [0.2, 0.25) is 0 Å². The Morgan fingerprint density at radius 3 is 2.47 bits per heavy atom. The van der Waals surface area contributed by atoms with Crippen molar-refractivity contribution in [2.24, 2.45) is 0 Å². The standard InChI is InChI=1S/C21H19F2N5O2/c22-17-9-18(23)19(26-20(29)6-3-7-28-13-24-12-25-28)8-16(17)21(30)27-10-14-4-1-2-5-15(14)11-27/h1-2,4-5,8-9,12-13H,3,6-7,10-11H2,(H,26,29). The lowest BCUT2D eigenvalue weighted by Gasteiger charge is -2.17. The molecule has 154 valence electrons. The Hall–Kier alpha value is -3.62. The van der Waals surface area contributed by atoms with Gasteiger partial charge >= 0.3 is 0 Å². The number of amides is 2. The van der Waals surface area contributed by atoms with Crippen LogP contribution in [0.5, 0.6) is 0 Å². The fourth-order valence-corrected chi connectivity index (χ4v) is 3.42. The van der Waals surface area contributed by atoms with Crippen LogP contribution in [-0.2, 0) is 24.4 Å². The lowest BCUT2D eigenvalue weighted by Crippen LogP contribution is -2.26. The van der Waals surface area contributed by atoms with Gasteiger partial charge in [-0.3, -0.25) is 14.3 Å². The number of hydrogen-bond donors (Lipinski definition) is 1. The van der Waals surface area contributed by atoms with E-state index in [1.165, 1.54) is 17.6 Å². The number of aryl methyl sites for hydroxylation is 1. The van der Waals surface area contributed by atoms with Gasteiger partial charge in [0.1, 0.15) is 24.3 Å². The van der Waals surface area contributed by atoms with Gasteiger partial charge in [-0.05, 0) is 23.6 Å². The Labute approximate surface area is 171 Å². The average Bonchev–Trinajstić information content (AvgIpc) is 3.39. The Morgan fingerprint density at radius 2 is 1.80 bits per heavy atom. The number of nitrogens with one attached hydrogen (secondary N) is 1. The molecule has 1 aliphatic heterocycles. The normalized spacial score (nSPS) is 12.7. The van der Waals surface area contributed by atoms with Gasteiger partial charge in [0, 0.05) is 32.1 Å². The monoisotopic (exact) mass is 411 g/mol. The maximum atomic E-state index is 14.3. The van der Waals surface area contributed by atoms with E-state index >= 15 is 0 Å². The summed E-state index contributed by atoms with van der Waals surface area (Å²) in [5.74, 6) is -2.88. The molecular weight excluding hydrogens is 392 g/mol. The zero-order valence-corrected chi connectivity index (χ0v) is 16.0. The number of carbonyl (C=O) groups is 2. The number of anilines is 1. The summed E-state index contributed by atoms with van der Waals surface area (Å²) < 4.78 is 30.1. The second kappa shape index (κ2) is 8.40. The fraction of sp³-hybridized carbons (Fsp3) is 0.238. The van der Waals surface area contributed by atoms with Crippen LogP contribution < -0.4 is 5.32 Å². The molecule has 0 unspecified atom stereocenters. The van der Waals surface area contributed by atoms with E-state index in [1.54, 1.807) is 4.68 Å². The summed E-state index contributed by atoms with van der Waals surface area (Å²) in [6.45, 7) is 1.20. The lowest BCUT2D eigenvalue weighted by atomic mass is 10.1. The number of carbonyl (C=O) groups excluding carboxylic acids is 2. The molecule has 9 heteroatoms. The maximum absolute atomic E-state index is 14.3. The van der Waals surface area contributed by atoms with Crippen LogP contribution in [0.4, 0.5) is 14.5 Å². The first-order valence-corrected chi connectivity index (χ1v) is 9.48. The highest BCUT2D eigenvalue weighted by molar-refractivity contribution is 5.97. The van der Waals surface area contributed by atoms with Gasteiger partial charge in [-0.2, -0.15) is 5.10 Å². The van der Waals surface area contributed by atoms with E-state index < -0.39 is 23.4 Å². The number of benzene rings is 2. The number of hydrogen-bond acceptors (Lipinski definition) is 4. The molecule has 0 radical (unpaired) electrons. The Kier molecular flexibility index (Phi) is 5.51. The predicted octanol–water partition coefficient (Wildman–Crippen LogP) is 3.13. The largest absolute Gasteiger partial charge is 0.330 e. The third-order valence-corrected chi connectivity index (χ3v) is 4.95. The van der Waals surface area contributed by atoms with Gasteiger partial charge in [-0.1, -0.05) is 24.3 Å². The van der Waals surface area contributed by atoms with Crippen LogP contribution in [0.25, 0.3) is 0 Å². The first-order valence-electron chi connectivity index (χ1n) is 9.48. The summed E-state index contributed by atoms with van der Waals surface area (Å²) in [5, 5.41) is 6.36. The third-order valence-electron chi connectivity index (χ3n) is 4.95. The second-order valence-electron chi connectivity index (χ2n) is 7.05. The number of nitrogens with zero attached hydrogens (tertiary/aromatic N) is 4. The Balaban J connectivity index is 1.43. The average molecular weight is 411 g/mol. The third kappa shape index (κ3) is 4.19. The molecule has 0 saturated carbocycles. The molecule has 0 aliphatic carbocycles. The van der Waals surface area contributed by atoms with E-state index in [0.29, 0.717) is 32.1 Å². The first kappa shape index (κ1) is 19.7. The number of halogens is 2. The van der Waals surface area contributed by atoms with Crippen LogP contribution in [0.15, 0.2) is 49.1 Å². The van der Waals surface area contributed by atoms with Crippen LogP contribution in [0.1, 0.15) is 34.3 Å². The summed E-state index contributed by atoms with van der Waals surface area (Å²) in [6.07, 6.45) is 3.51. The van der Waals surface area contributed by atoms with Crippen molar-refractivity contribution >= 4 is 17.5 Å². The molecular formula is C21H19F2N5O2. The molecule has 0 fully saturated rings. The van der Waals surface area contributed by atoms with Gasteiger partial charge in [0.25, 0.3) is 5.91 Å². The van der Waals surface area contributed by atoms with Crippen molar-refractivity contribution in [1.29, 1.82) is 0 Å². The molecule has 3 aromatic rings. The minimum Gasteiger partial charge on any atom is -0.330 e. The zero-order chi connectivity index (χ0) is 21.1. The molecule has 1 aliphatic rings. The van der Waals surface area contributed by atoms with E-state index in [9.17, 15) is 18.4 Å². The van der Waals surface area contributed by atoms with Gasteiger partial charge < -0.3 is 10.2 Å². The molecule has 30 heavy (non-hydrogen) atoms. The van der Waals surface area contributed by atoms with Crippen molar-refractivity contribution < 1.29 is 18.4 Å². The van der Waals surface area contributed by atoms with Crippen LogP contribution in [0, 0.1) is 11.6 Å².